The second kappa shape index (κ2) is 3.11. The molecule has 1 N–H and O–H groups in total. The standard InChI is InChI=1S/C8H13N3S/c1-6-5-9-8(12-6)7-3-4-11(2)10-7/h3-4,6,8-9H,5H2,1-2H3. The van der Waals surface area contributed by atoms with Crippen molar-refractivity contribution in [1.29, 1.82) is 0 Å². The number of nitrogens with one attached hydrogen (secondary N) is 1. The molecule has 1 aromatic heterocycles. The first-order valence-corrected chi connectivity index (χ1v) is 5.08. The van der Waals surface area contributed by atoms with Gasteiger partial charge in [0.15, 0.2) is 0 Å². The first-order chi connectivity index (χ1) is 5.75. The van der Waals surface area contributed by atoms with Gasteiger partial charge in [0.1, 0.15) is 0 Å². The van der Waals surface area contributed by atoms with Crippen molar-refractivity contribution >= 4 is 11.8 Å². The van der Waals surface area contributed by atoms with Crippen LogP contribution >= 0.6 is 11.8 Å². The highest BCUT2D eigenvalue weighted by Crippen LogP contribution is 2.33. The van der Waals surface area contributed by atoms with Crippen molar-refractivity contribution in [2.24, 2.45) is 7.05 Å². The summed E-state index contributed by atoms with van der Waals surface area (Å²) in [5.41, 5.74) is 1.15. The highest BCUT2D eigenvalue weighted by atomic mass is 32.2. The van der Waals surface area contributed by atoms with Gasteiger partial charge in [0.25, 0.3) is 0 Å². The molecule has 0 radical (unpaired) electrons. The monoisotopic (exact) mass is 183 g/mol. The van der Waals surface area contributed by atoms with Gasteiger partial charge in [-0.15, -0.1) is 11.8 Å². The highest BCUT2D eigenvalue weighted by Gasteiger charge is 2.23. The maximum absolute atomic E-state index is 4.36. The van der Waals surface area contributed by atoms with Gasteiger partial charge in [-0.05, 0) is 6.07 Å². The third-order valence-electron chi connectivity index (χ3n) is 1.96. The summed E-state index contributed by atoms with van der Waals surface area (Å²) in [6.07, 6.45) is 1.99. The minimum absolute atomic E-state index is 0.404. The number of aromatic nitrogens is 2. The van der Waals surface area contributed by atoms with Gasteiger partial charge in [-0.25, -0.2) is 0 Å². The smallest absolute Gasteiger partial charge is 0.0984 e. The number of hydrogen-bond acceptors (Lipinski definition) is 3. The van der Waals surface area contributed by atoms with Crippen LogP contribution < -0.4 is 5.32 Å². The van der Waals surface area contributed by atoms with E-state index >= 15 is 0 Å². The SMILES string of the molecule is CC1CNC(c2ccn(C)n2)S1. The molecule has 2 heterocycles. The van der Waals surface area contributed by atoms with E-state index in [1.54, 1.807) is 0 Å². The molecular formula is C8H13N3S. The first kappa shape index (κ1) is 8.13. The normalized spacial score (nSPS) is 29.5. The summed E-state index contributed by atoms with van der Waals surface area (Å²) in [5.74, 6) is 0. The van der Waals surface area contributed by atoms with Gasteiger partial charge >= 0.3 is 0 Å². The predicted molar refractivity (Wildman–Crippen MR) is 51.0 cm³/mol. The topological polar surface area (TPSA) is 29.9 Å². The van der Waals surface area contributed by atoms with Crippen LogP contribution in [0.4, 0.5) is 0 Å². The van der Waals surface area contributed by atoms with Gasteiger partial charge in [0, 0.05) is 25.0 Å². The van der Waals surface area contributed by atoms with Crippen LogP contribution in [-0.4, -0.2) is 21.6 Å². The Bertz CT molecular complexity index is 271. The van der Waals surface area contributed by atoms with Crippen molar-refractivity contribution in [3.8, 4) is 0 Å². The number of nitrogens with zero attached hydrogens (tertiary/aromatic N) is 2. The van der Waals surface area contributed by atoms with Gasteiger partial charge in [-0.1, -0.05) is 6.92 Å². The minimum atomic E-state index is 0.404. The van der Waals surface area contributed by atoms with Crippen molar-refractivity contribution < 1.29 is 0 Å². The van der Waals surface area contributed by atoms with Gasteiger partial charge < -0.3 is 0 Å². The molecule has 0 saturated carbocycles. The Hall–Kier alpha value is -0.480. The van der Waals surface area contributed by atoms with Gasteiger partial charge in [0.05, 0.1) is 11.1 Å². The molecule has 2 rings (SSSR count). The fourth-order valence-electron chi connectivity index (χ4n) is 1.35. The molecule has 1 aromatic rings. The molecule has 0 bridgehead atoms. The number of hydrogen-bond donors (Lipinski definition) is 1. The molecule has 0 aliphatic carbocycles. The van der Waals surface area contributed by atoms with E-state index in [9.17, 15) is 0 Å². The van der Waals surface area contributed by atoms with Gasteiger partial charge in [-0.3, -0.25) is 10.00 Å². The Morgan fingerprint density at radius 3 is 3.08 bits per heavy atom. The van der Waals surface area contributed by atoms with E-state index in [0.29, 0.717) is 10.6 Å². The molecule has 12 heavy (non-hydrogen) atoms. The second-order valence-corrected chi connectivity index (χ2v) is 4.70. The predicted octanol–water partition coefficient (Wildman–Crippen LogP) is 1.14. The fraction of sp³-hybridized carbons (Fsp3) is 0.625. The lowest BCUT2D eigenvalue weighted by Crippen LogP contribution is -2.14. The van der Waals surface area contributed by atoms with Crippen molar-refractivity contribution in [2.75, 3.05) is 6.54 Å². The molecular weight excluding hydrogens is 170 g/mol. The molecule has 2 atom stereocenters. The van der Waals surface area contributed by atoms with E-state index in [1.165, 1.54) is 0 Å². The van der Waals surface area contributed by atoms with Gasteiger partial charge in [-0.2, -0.15) is 5.10 Å². The third kappa shape index (κ3) is 1.49. The largest absolute Gasteiger partial charge is 0.299 e. The van der Waals surface area contributed by atoms with Gasteiger partial charge in [0.2, 0.25) is 0 Å². The summed E-state index contributed by atoms with van der Waals surface area (Å²) in [5, 5.41) is 8.89. The van der Waals surface area contributed by atoms with Crippen LogP contribution in [0.25, 0.3) is 0 Å². The summed E-state index contributed by atoms with van der Waals surface area (Å²) in [6, 6.07) is 2.07. The molecule has 0 amide bonds. The summed E-state index contributed by atoms with van der Waals surface area (Å²) in [4.78, 5) is 0. The third-order valence-corrected chi connectivity index (χ3v) is 3.27. The Labute approximate surface area is 76.5 Å². The summed E-state index contributed by atoms with van der Waals surface area (Å²) in [6.45, 7) is 3.33. The average molecular weight is 183 g/mol. The van der Waals surface area contributed by atoms with Crippen LogP contribution in [0.15, 0.2) is 12.3 Å². The van der Waals surface area contributed by atoms with Crippen LogP contribution in [0.1, 0.15) is 18.0 Å². The molecule has 66 valence electrons. The molecule has 2 unspecified atom stereocenters. The lowest BCUT2D eigenvalue weighted by Gasteiger charge is -2.04. The summed E-state index contributed by atoms with van der Waals surface area (Å²) < 4.78 is 1.85. The molecule has 1 aliphatic heterocycles. The molecule has 1 fully saturated rings. The van der Waals surface area contributed by atoms with Crippen LogP contribution in [0.3, 0.4) is 0 Å². The average Bonchev–Trinajstić information content (AvgIpc) is 2.58. The van der Waals surface area contributed by atoms with E-state index in [0.717, 1.165) is 12.2 Å². The van der Waals surface area contributed by atoms with E-state index in [-0.39, 0.29) is 0 Å². The maximum atomic E-state index is 4.36. The Balaban J connectivity index is 2.11. The zero-order chi connectivity index (χ0) is 8.55. The Kier molecular flexibility index (Phi) is 2.11. The highest BCUT2D eigenvalue weighted by molar-refractivity contribution is 8.00. The van der Waals surface area contributed by atoms with Crippen molar-refractivity contribution in [3.63, 3.8) is 0 Å². The van der Waals surface area contributed by atoms with E-state index in [4.69, 9.17) is 0 Å². The molecule has 3 nitrogen and oxygen atoms in total. The lowest BCUT2D eigenvalue weighted by molar-refractivity contribution is 0.674. The maximum Gasteiger partial charge on any atom is 0.0984 e. The zero-order valence-corrected chi connectivity index (χ0v) is 8.14. The molecule has 4 heteroatoms. The van der Waals surface area contributed by atoms with Crippen LogP contribution in [0, 0.1) is 0 Å². The van der Waals surface area contributed by atoms with E-state index < -0.39 is 0 Å². The number of thioether (sulfide) groups is 1. The minimum Gasteiger partial charge on any atom is -0.299 e. The van der Waals surface area contributed by atoms with Crippen LogP contribution in [0.2, 0.25) is 0 Å². The van der Waals surface area contributed by atoms with Crippen molar-refractivity contribution in [1.82, 2.24) is 15.1 Å². The molecule has 1 aliphatic rings. The zero-order valence-electron chi connectivity index (χ0n) is 7.32. The van der Waals surface area contributed by atoms with E-state index in [2.05, 4.69) is 23.4 Å². The van der Waals surface area contributed by atoms with E-state index in [1.807, 2.05) is 29.7 Å². The second-order valence-electron chi connectivity index (χ2n) is 3.15. The van der Waals surface area contributed by atoms with Crippen LogP contribution in [0.5, 0.6) is 0 Å². The molecule has 0 aromatic carbocycles. The van der Waals surface area contributed by atoms with Crippen molar-refractivity contribution in [2.45, 2.75) is 17.5 Å². The lowest BCUT2D eigenvalue weighted by atomic mass is 10.4. The molecule has 1 saturated heterocycles. The number of aryl methyl sites for hydroxylation is 1. The van der Waals surface area contributed by atoms with Crippen molar-refractivity contribution in [3.05, 3.63) is 18.0 Å². The Morgan fingerprint density at radius 2 is 2.58 bits per heavy atom. The summed E-state index contributed by atoms with van der Waals surface area (Å²) in [7, 11) is 1.95. The number of rotatable bonds is 1. The Morgan fingerprint density at radius 1 is 1.75 bits per heavy atom. The summed E-state index contributed by atoms with van der Waals surface area (Å²) >= 11 is 1.94. The van der Waals surface area contributed by atoms with Crippen LogP contribution in [-0.2, 0) is 7.05 Å². The molecule has 0 spiro atoms. The first-order valence-electron chi connectivity index (χ1n) is 4.14. The quantitative estimate of drug-likeness (QED) is 0.708. The fourth-order valence-corrected chi connectivity index (χ4v) is 2.46.